The Morgan fingerprint density at radius 3 is 2.93 bits per heavy atom. The second-order valence-electron chi connectivity index (χ2n) is 6.02. The van der Waals surface area contributed by atoms with Crippen LogP contribution in [0.3, 0.4) is 0 Å². The van der Waals surface area contributed by atoms with Gasteiger partial charge in [0.15, 0.2) is 17.5 Å². The minimum Gasteiger partial charge on any atom is -0.490 e. The first-order valence-corrected chi connectivity index (χ1v) is 10.3. The standard InChI is InChI=1S/C20H27N3O3S/c1-2-24-13-10-22-20(21-9-8-17-5-3-14-27-17)23-16-6-7-18-19(15-16)26-12-4-11-25-18/h3,5-7,14-15H,2,4,8-13H2,1H3,(H2,21,22,23). The Hall–Kier alpha value is -2.25. The summed E-state index contributed by atoms with van der Waals surface area (Å²) < 4.78 is 16.9. The lowest BCUT2D eigenvalue weighted by Gasteiger charge is -2.14. The van der Waals surface area contributed by atoms with Gasteiger partial charge in [0.05, 0.1) is 26.4 Å². The molecule has 1 aromatic carbocycles. The van der Waals surface area contributed by atoms with Gasteiger partial charge in [-0.05, 0) is 36.9 Å². The highest BCUT2D eigenvalue weighted by Crippen LogP contribution is 2.32. The first-order valence-electron chi connectivity index (χ1n) is 9.40. The molecule has 146 valence electrons. The Bertz CT molecular complexity index is 719. The molecule has 1 aliphatic heterocycles. The third-order valence-corrected chi connectivity index (χ3v) is 4.90. The Morgan fingerprint density at radius 2 is 2.11 bits per heavy atom. The third-order valence-electron chi connectivity index (χ3n) is 3.96. The SMILES string of the molecule is CCOCCN=C(NCCc1cccs1)Nc1ccc2c(c1)OCCCO2. The van der Waals surface area contributed by atoms with Crippen molar-refractivity contribution in [2.75, 3.05) is 44.8 Å². The summed E-state index contributed by atoms with van der Waals surface area (Å²) in [4.78, 5) is 5.96. The van der Waals surface area contributed by atoms with Gasteiger partial charge in [-0.25, -0.2) is 0 Å². The number of fused-ring (bicyclic) bond motifs is 1. The van der Waals surface area contributed by atoms with E-state index in [0.717, 1.165) is 42.5 Å². The van der Waals surface area contributed by atoms with Gasteiger partial charge in [-0.2, -0.15) is 0 Å². The number of benzene rings is 1. The molecule has 0 unspecified atom stereocenters. The van der Waals surface area contributed by atoms with E-state index >= 15 is 0 Å². The summed E-state index contributed by atoms with van der Waals surface area (Å²) in [5.41, 5.74) is 0.915. The van der Waals surface area contributed by atoms with E-state index in [1.807, 2.05) is 25.1 Å². The molecule has 0 saturated heterocycles. The van der Waals surface area contributed by atoms with E-state index in [2.05, 4.69) is 33.1 Å². The zero-order valence-corrected chi connectivity index (χ0v) is 16.5. The molecule has 0 fully saturated rings. The van der Waals surface area contributed by atoms with Crippen LogP contribution in [0.2, 0.25) is 0 Å². The van der Waals surface area contributed by atoms with Crippen molar-refractivity contribution in [1.29, 1.82) is 0 Å². The summed E-state index contributed by atoms with van der Waals surface area (Å²) in [6.07, 6.45) is 1.86. The Kier molecular flexibility index (Phi) is 7.80. The van der Waals surface area contributed by atoms with Gasteiger partial charge in [-0.3, -0.25) is 4.99 Å². The normalized spacial score (nSPS) is 13.9. The number of nitrogens with zero attached hydrogens (tertiary/aromatic N) is 1. The number of hydrogen-bond donors (Lipinski definition) is 2. The molecule has 0 amide bonds. The van der Waals surface area contributed by atoms with Crippen molar-refractivity contribution >= 4 is 23.0 Å². The summed E-state index contributed by atoms with van der Waals surface area (Å²) in [5.74, 6) is 2.30. The summed E-state index contributed by atoms with van der Waals surface area (Å²) in [7, 11) is 0. The monoisotopic (exact) mass is 389 g/mol. The molecular formula is C20H27N3O3S. The van der Waals surface area contributed by atoms with Gasteiger partial charge < -0.3 is 24.8 Å². The van der Waals surface area contributed by atoms with Gasteiger partial charge in [-0.1, -0.05) is 6.07 Å². The van der Waals surface area contributed by atoms with Gasteiger partial charge in [0.2, 0.25) is 0 Å². The number of ether oxygens (including phenoxy) is 3. The highest BCUT2D eigenvalue weighted by molar-refractivity contribution is 7.09. The van der Waals surface area contributed by atoms with Crippen LogP contribution in [0.5, 0.6) is 11.5 Å². The van der Waals surface area contributed by atoms with E-state index in [-0.39, 0.29) is 0 Å². The predicted octanol–water partition coefficient (Wildman–Crippen LogP) is 3.55. The van der Waals surface area contributed by atoms with E-state index in [9.17, 15) is 0 Å². The zero-order valence-electron chi connectivity index (χ0n) is 15.7. The number of hydrogen-bond acceptors (Lipinski definition) is 5. The number of aliphatic imine (C=N–C) groups is 1. The van der Waals surface area contributed by atoms with E-state index in [1.165, 1.54) is 4.88 Å². The van der Waals surface area contributed by atoms with Gasteiger partial charge in [0, 0.05) is 36.2 Å². The molecule has 27 heavy (non-hydrogen) atoms. The Balaban J connectivity index is 1.61. The van der Waals surface area contributed by atoms with Crippen LogP contribution in [-0.2, 0) is 11.2 Å². The molecular weight excluding hydrogens is 362 g/mol. The van der Waals surface area contributed by atoms with Crippen molar-refractivity contribution in [2.45, 2.75) is 19.8 Å². The average molecular weight is 390 g/mol. The van der Waals surface area contributed by atoms with Gasteiger partial charge in [-0.15, -0.1) is 11.3 Å². The molecule has 0 atom stereocenters. The molecule has 0 bridgehead atoms. The van der Waals surface area contributed by atoms with Crippen molar-refractivity contribution < 1.29 is 14.2 Å². The van der Waals surface area contributed by atoms with Gasteiger partial charge >= 0.3 is 0 Å². The van der Waals surface area contributed by atoms with Crippen molar-refractivity contribution in [3.63, 3.8) is 0 Å². The number of thiophene rings is 1. The van der Waals surface area contributed by atoms with E-state index in [4.69, 9.17) is 14.2 Å². The highest BCUT2D eigenvalue weighted by atomic mass is 32.1. The second kappa shape index (κ2) is 10.8. The van der Waals surface area contributed by atoms with Crippen molar-refractivity contribution in [1.82, 2.24) is 5.32 Å². The maximum absolute atomic E-state index is 5.77. The Labute approximate surface area is 164 Å². The van der Waals surface area contributed by atoms with Crippen LogP contribution in [0, 0.1) is 0 Å². The van der Waals surface area contributed by atoms with Crippen LogP contribution in [0.25, 0.3) is 0 Å². The quantitative estimate of drug-likeness (QED) is 0.411. The fraction of sp³-hybridized carbons (Fsp3) is 0.450. The van der Waals surface area contributed by atoms with Crippen LogP contribution < -0.4 is 20.1 Å². The third kappa shape index (κ3) is 6.45. The van der Waals surface area contributed by atoms with E-state index < -0.39 is 0 Å². The molecule has 6 nitrogen and oxygen atoms in total. The first-order chi connectivity index (χ1) is 13.3. The molecule has 7 heteroatoms. The van der Waals surface area contributed by atoms with Crippen LogP contribution in [0.4, 0.5) is 5.69 Å². The number of nitrogens with one attached hydrogen (secondary N) is 2. The topological polar surface area (TPSA) is 64.1 Å². The first kappa shape index (κ1) is 19.5. The minimum atomic E-state index is 0.604. The molecule has 3 rings (SSSR count). The second-order valence-corrected chi connectivity index (χ2v) is 7.05. The van der Waals surface area contributed by atoms with Gasteiger partial charge in [0.25, 0.3) is 0 Å². The molecule has 2 heterocycles. The molecule has 2 aromatic rings. The van der Waals surface area contributed by atoms with E-state index in [1.54, 1.807) is 11.3 Å². The van der Waals surface area contributed by atoms with Crippen molar-refractivity contribution in [3.05, 3.63) is 40.6 Å². The fourth-order valence-electron chi connectivity index (χ4n) is 2.64. The maximum atomic E-state index is 5.77. The smallest absolute Gasteiger partial charge is 0.195 e. The minimum absolute atomic E-state index is 0.604. The molecule has 0 radical (unpaired) electrons. The molecule has 2 N–H and O–H groups in total. The molecule has 0 aliphatic carbocycles. The Morgan fingerprint density at radius 1 is 1.22 bits per heavy atom. The molecule has 0 saturated carbocycles. The molecule has 1 aliphatic rings. The summed E-state index contributed by atoms with van der Waals surface area (Å²) >= 11 is 1.77. The molecule has 1 aromatic heterocycles. The summed E-state index contributed by atoms with van der Waals surface area (Å²) in [5, 5.41) is 8.85. The van der Waals surface area contributed by atoms with E-state index in [0.29, 0.717) is 33.0 Å². The summed E-state index contributed by atoms with van der Waals surface area (Å²) in [6, 6.07) is 10.1. The van der Waals surface area contributed by atoms with Crippen LogP contribution in [0.1, 0.15) is 18.2 Å². The summed E-state index contributed by atoms with van der Waals surface area (Å²) in [6.45, 7) is 6.07. The maximum Gasteiger partial charge on any atom is 0.195 e. The number of guanidine groups is 1. The number of anilines is 1. The molecule has 0 spiro atoms. The predicted molar refractivity (Wildman–Crippen MR) is 110 cm³/mol. The highest BCUT2D eigenvalue weighted by Gasteiger charge is 2.11. The van der Waals surface area contributed by atoms with Crippen molar-refractivity contribution in [3.8, 4) is 11.5 Å². The van der Waals surface area contributed by atoms with Gasteiger partial charge in [0.1, 0.15) is 0 Å². The van der Waals surface area contributed by atoms with Crippen LogP contribution >= 0.6 is 11.3 Å². The number of rotatable bonds is 8. The lowest BCUT2D eigenvalue weighted by Crippen LogP contribution is -2.32. The zero-order chi connectivity index (χ0) is 18.7. The lowest BCUT2D eigenvalue weighted by atomic mass is 10.2. The van der Waals surface area contributed by atoms with Crippen LogP contribution in [0.15, 0.2) is 40.7 Å². The fourth-order valence-corrected chi connectivity index (χ4v) is 3.35. The largest absolute Gasteiger partial charge is 0.490 e. The van der Waals surface area contributed by atoms with Crippen LogP contribution in [-0.4, -0.2) is 45.5 Å². The lowest BCUT2D eigenvalue weighted by molar-refractivity contribution is 0.156. The average Bonchev–Trinajstić information content (AvgIpc) is 3.09. The van der Waals surface area contributed by atoms with Crippen molar-refractivity contribution in [2.24, 2.45) is 4.99 Å².